The Kier molecular flexibility index (Phi) is 7.73. The fourth-order valence-electron chi connectivity index (χ4n) is 5.29. The topological polar surface area (TPSA) is 105 Å². The Hall–Kier alpha value is -3.35. The molecule has 4 rings (SSSR count). The molecule has 186 valence electrons. The molecule has 3 N–H and O–H groups in total. The van der Waals surface area contributed by atoms with E-state index in [1.54, 1.807) is 0 Å². The smallest absolute Gasteiger partial charge is 0.407 e. The number of carbonyl (C=O) groups excluding carboxylic acids is 2. The molecule has 2 aliphatic carbocycles. The second-order valence-electron chi connectivity index (χ2n) is 10.2. The van der Waals surface area contributed by atoms with Crippen LogP contribution in [0.25, 0.3) is 11.1 Å². The maximum atomic E-state index is 12.3. The van der Waals surface area contributed by atoms with E-state index in [-0.39, 0.29) is 30.3 Å². The lowest BCUT2D eigenvalue weighted by Crippen LogP contribution is -2.44. The minimum atomic E-state index is -0.995. The van der Waals surface area contributed by atoms with Crippen LogP contribution in [-0.2, 0) is 14.3 Å². The van der Waals surface area contributed by atoms with Gasteiger partial charge in [-0.25, -0.2) is 9.59 Å². The highest BCUT2D eigenvalue weighted by molar-refractivity contribution is 5.83. The zero-order chi connectivity index (χ0) is 24.9. The Morgan fingerprint density at radius 2 is 1.57 bits per heavy atom. The molecule has 1 atom stereocenters. The first-order chi connectivity index (χ1) is 16.8. The van der Waals surface area contributed by atoms with Gasteiger partial charge >= 0.3 is 12.1 Å². The Morgan fingerprint density at radius 1 is 0.971 bits per heavy atom. The van der Waals surface area contributed by atoms with Crippen molar-refractivity contribution >= 4 is 18.0 Å². The molecule has 0 spiro atoms. The first-order valence-electron chi connectivity index (χ1n) is 12.4. The molecule has 0 aliphatic heterocycles. The molecule has 0 unspecified atom stereocenters. The average Bonchev–Trinajstić information content (AvgIpc) is 3.12. The molecule has 2 amide bonds. The number of alkyl carbamates (subject to hydrolysis) is 1. The van der Waals surface area contributed by atoms with Crippen LogP contribution in [0.5, 0.6) is 0 Å². The fourth-order valence-corrected chi connectivity index (χ4v) is 5.29. The highest BCUT2D eigenvalue weighted by Gasteiger charge is 2.33. The van der Waals surface area contributed by atoms with Gasteiger partial charge in [-0.1, -0.05) is 62.4 Å². The van der Waals surface area contributed by atoms with Crippen molar-refractivity contribution in [2.45, 2.75) is 51.5 Å². The lowest BCUT2D eigenvalue weighted by atomic mass is 9.73. The molecule has 1 fully saturated rings. The van der Waals surface area contributed by atoms with Gasteiger partial charge in [-0.05, 0) is 59.3 Å². The first kappa shape index (κ1) is 24.8. The number of nitrogens with one attached hydrogen (secondary N) is 2. The maximum Gasteiger partial charge on any atom is 0.407 e. The van der Waals surface area contributed by atoms with Crippen LogP contribution >= 0.6 is 0 Å². The molecule has 7 heteroatoms. The second kappa shape index (κ2) is 10.9. The summed E-state index contributed by atoms with van der Waals surface area (Å²) in [4.78, 5) is 35.9. The minimum absolute atomic E-state index is 0.0325. The summed E-state index contributed by atoms with van der Waals surface area (Å²) in [6, 6.07) is 15.6. The van der Waals surface area contributed by atoms with Crippen molar-refractivity contribution < 1.29 is 24.2 Å². The number of hydrogen-bond acceptors (Lipinski definition) is 4. The molecular weight excluding hydrogens is 444 g/mol. The van der Waals surface area contributed by atoms with Crippen LogP contribution in [0.3, 0.4) is 0 Å². The highest BCUT2D eigenvalue weighted by atomic mass is 16.5. The molecule has 0 aromatic heterocycles. The zero-order valence-electron chi connectivity index (χ0n) is 20.3. The van der Waals surface area contributed by atoms with Crippen molar-refractivity contribution in [3.8, 4) is 11.1 Å². The van der Waals surface area contributed by atoms with Crippen molar-refractivity contribution in [2.24, 2.45) is 17.8 Å². The SMILES string of the molecule is CC(C)C[C@@H](NC(=O)CC1CC(CNC(=O)OCC2c3ccccc3-c3ccccc32)C1)C(=O)O. The second-order valence-corrected chi connectivity index (χ2v) is 10.2. The van der Waals surface area contributed by atoms with Gasteiger partial charge in [0.15, 0.2) is 0 Å². The molecular formula is C28H34N2O5. The van der Waals surface area contributed by atoms with E-state index in [9.17, 15) is 19.5 Å². The molecule has 2 aliphatic rings. The molecule has 1 saturated carbocycles. The molecule has 0 heterocycles. The van der Waals surface area contributed by atoms with Gasteiger partial charge in [0.25, 0.3) is 0 Å². The minimum Gasteiger partial charge on any atom is -0.480 e. The third-order valence-electron chi connectivity index (χ3n) is 7.03. The van der Waals surface area contributed by atoms with E-state index in [4.69, 9.17) is 4.74 Å². The number of benzene rings is 2. The Bertz CT molecular complexity index is 1030. The van der Waals surface area contributed by atoms with Gasteiger partial charge < -0.3 is 20.5 Å². The Balaban J connectivity index is 1.17. The molecule has 7 nitrogen and oxygen atoms in total. The average molecular weight is 479 g/mol. The van der Waals surface area contributed by atoms with Gasteiger partial charge in [0.2, 0.25) is 5.91 Å². The number of carboxylic acid groups (broad SMARTS) is 1. The Morgan fingerprint density at radius 3 is 2.14 bits per heavy atom. The molecule has 0 bridgehead atoms. The number of carboxylic acids is 1. The summed E-state index contributed by atoms with van der Waals surface area (Å²) in [7, 11) is 0. The van der Waals surface area contributed by atoms with Crippen LogP contribution in [-0.4, -0.2) is 42.3 Å². The number of carbonyl (C=O) groups is 3. The predicted octanol–water partition coefficient (Wildman–Crippen LogP) is 4.56. The summed E-state index contributed by atoms with van der Waals surface area (Å²) in [5, 5.41) is 14.8. The van der Waals surface area contributed by atoms with Crippen LogP contribution in [0.2, 0.25) is 0 Å². The summed E-state index contributed by atoms with van der Waals surface area (Å²) in [5.41, 5.74) is 4.75. The van der Waals surface area contributed by atoms with E-state index in [0.29, 0.717) is 25.3 Å². The number of rotatable bonds is 10. The summed E-state index contributed by atoms with van der Waals surface area (Å²) in [5.74, 6) is -0.465. The molecule has 0 saturated heterocycles. The van der Waals surface area contributed by atoms with Crippen molar-refractivity contribution in [3.05, 3.63) is 59.7 Å². The number of hydrogen-bond donors (Lipinski definition) is 3. The van der Waals surface area contributed by atoms with Gasteiger partial charge in [-0.15, -0.1) is 0 Å². The summed E-state index contributed by atoms with van der Waals surface area (Å²) in [6.07, 6.45) is 1.98. The number of amides is 2. The van der Waals surface area contributed by atoms with Gasteiger partial charge in [0.05, 0.1) is 0 Å². The van der Waals surface area contributed by atoms with E-state index in [1.807, 2.05) is 38.1 Å². The van der Waals surface area contributed by atoms with E-state index >= 15 is 0 Å². The van der Waals surface area contributed by atoms with Gasteiger partial charge in [-0.2, -0.15) is 0 Å². The van der Waals surface area contributed by atoms with Crippen LogP contribution in [0, 0.1) is 17.8 Å². The third kappa shape index (κ3) is 6.02. The number of fused-ring (bicyclic) bond motifs is 3. The van der Waals surface area contributed by atoms with Crippen molar-refractivity contribution in [1.29, 1.82) is 0 Å². The first-order valence-corrected chi connectivity index (χ1v) is 12.4. The van der Waals surface area contributed by atoms with E-state index in [1.165, 1.54) is 22.3 Å². The summed E-state index contributed by atoms with van der Waals surface area (Å²) >= 11 is 0. The fraction of sp³-hybridized carbons (Fsp3) is 0.464. The quantitative estimate of drug-likeness (QED) is 0.464. The number of ether oxygens (including phenoxy) is 1. The van der Waals surface area contributed by atoms with Gasteiger partial charge in [0, 0.05) is 18.9 Å². The summed E-state index contributed by atoms with van der Waals surface area (Å²) < 4.78 is 5.58. The van der Waals surface area contributed by atoms with E-state index < -0.39 is 18.1 Å². The number of aliphatic carboxylic acids is 1. The normalized spacial score (nSPS) is 19.3. The van der Waals surface area contributed by atoms with Crippen molar-refractivity contribution in [2.75, 3.05) is 13.2 Å². The summed E-state index contributed by atoms with van der Waals surface area (Å²) in [6.45, 7) is 4.67. The Labute approximate surface area is 206 Å². The monoisotopic (exact) mass is 478 g/mol. The van der Waals surface area contributed by atoms with Crippen molar-refractivity contribution in [3.63, 3.8) is 0 Å². The van der Waals surface area contributed by atoms with Crippen LogP contribution < -0.4 is 10.6 Å². The van der Waals surface area contributed by atoms with E-state index in [2.05, 4.69) is 34.9 Å². The maximum absolute atomic E-state index is 12.3. The standard InChI is InChI=1S/C28H34N2O5/c1-17(2)11-25(27(32)33)30-26(31)14-18-12-19(13-18)15-29-28(34)35-16-24-22-9-5-3-7-20(22)21-8-4-6-10-23(21)24/h3-10,17-19,24-25H,11-16H2,1-2H3,(H,29,34)(H,30,31)(H,32,33)/t18?,19?,25-/m1/s1. The van der Waals surface area contributed by atoms with Crippen LogP contribution in [0.15, 0.2) is 48.5 Å². The molecule has 2 aromatic rings. The van der Waals surface area contributed by atoms with Crippen LogP contribution in [0.1, 0.15) is 56.6 Å². The highest BCUT2D eigenvalue weighted by Crippen LogP contribution is 2.44. The van der Waals surface area contributed by atoms with Gasteiger partial charge in [0.1, 0.15) is 12.6 Å². The largest absolute Gasteiger partial charge is 0.480 e. The van der Waals surface area contributed by atoms with E-state index in [0.717, 1.165) is 12.8 Å². The van der Waals surface area contributed by atoms with Crippen LogP contribution in [0.4, 0.5) is 4.79 Å². The third-order valence-corrected chi connectivity index (χ3v) is 7.03. The molecule has 35 heavy (non-hydrogen) atoms. The molecule has 2 aromatic carbocycles. The lowest BCUT2D eigenvalue weighted by Gasteiger charge is -2.35. The van der Waals surface area contributed by atoms with Crippen molar-refractivity contribution in [1.82, 2.24) is 10.6 Å². The molecule has 0 radical (unpaired) electrons. The van der Waals surface area contributed by atoms with Gasteiger partial charge in [-0.3, -0.25) is 4.79 Å². The zero-order valence-corrected chi connectivity index (χ0v) is 20.3. The predicted molar refractivity (Wildman–Crippen MR) is 133 cm³/mol. The lowest BCUT2D eigenvalue weighted by molar-refractivity contribution is -0.142.